The van der Waals surface area contributed by atoms with Crippen LogP contribution in [0.25, 0.3) is 0 Å². The summed E-state index contributed by atoms with van der Waals surface area (Å²) in [6.45, 7) is 5.23. The first kappa shape index (κ1) is 14.2. The maximum absolute atomic E-state index is 11.4. The van der Waals surface area contributed by atoms with Gasteiger partial charge in [-0.15, -0.1) is 0 Å². The molecule has 0 aliphatic heterocycles. The number of hydrogen-bond donors (Lipinski definition) is 3. The first-order valence-electron chi connectivity index (χ1n) is 5.44. The maximum atomic E-state index is 11.4. The summed E-state index contributed by atoms with van der Waals surface area (Å²) in [6, 6.07) is 1.73. The van der Waals surface area contributed by atoms with Gasteiger partial charge in [0, 0.05) is 17.2 Å². The van der Waals surface area contributed by atoms with E-state index in [1.54, 1.807) is 6.07 Å². The Hall–Kier alpha value is -1.89. The van der Waals surface area contributed by atoms with Crippen molar-refractivity contribution in [3.05, 3.63) is 11.8 Å². The summed E-state index contributed by atoms with van der Waals surface area (Å²) in [4.78, 5) is 21.5. The van der Waals surface area contributed by atoms with Gasteiger partial charge in [-0.2, -0.15) is 5.10 Å². The Kier molecular flexibility index (Phi) is 4.43. The van der Waals surface area contributed by atoms with Crippen LogP contribution in [0.5, 0.6) is 0 Å². The van der Waals surface area contributed by atoms with Crippen molar-refractivity contribution in [2.75, 3.05) is 18.5 Å². The number of rotatable bonds is 5. The van der Waals surface area contributed by atoms with Crippen LogP contribution in [0.2, 0.25) is 0 Å². The highest BCUT2D eigenvalue weighted by atomic mass is 16.5. The molecule has 0 radical (unpaired) electrons. The third-order valence-corrected chi connectivity index (χ3v) is 2.11. The minimum atomic E-state index is -1.11. The van der Waals surface area contributed by atoms with Gasteiger partial charge in [-0.1, -0.05) is 20.8 Å². The van der Waals surface area contributed by atoms with Crippen LogP contribution in [-0.2, 0) is 19.7 Å². The lowest BCUT2D eigenvalue weighted by atomic mass is 9.92. The van der Waals surface area contributed by atoms with Crippen LogP contribution in [0, 0.1) is 0 Å². The van der Waals surface area contributed by atoms with Gasteiger partial charge in [-0.3, -0.25) is 9.89 Å². The standard InChI is InChI=1S/C11H17N3O4/c1-11(2,3)7-4-8(14-13-7)12-9(15)5-18-6-10(16)17/h4H,5-6H2,1-3H3,(H,16,17)(H2,12,13,14,15). The van der Waals surface area contributed by atoms with E-state index < -0.39 is 18.5 Å². The van der Waals surface area contributed by atoms with E-state index in [1.165, 1.54) is 0 Å². The number of aliphatic carboxylic acids is 1. The second kappa shape index (κ2) is 5.63. The Morgan fingerprint density at radius 1 is 1.44 bits per heavy atom. The lowest BCUT2D eigenvalue weighted by molar-refractivity contribution is -0.143. The molecular weight excluding hydrogens is 238 g/mol. The topological polar surface area (TPSA) is 104 Å². The molecule has 0 spiro atoms. The van der Waals surface area contributed by atoms with Gasteiger partial charge in [-0.05, 0) is 0 Å². The number of amides is 1. The molecule has 1 amide bonds. The molecule has 0 saturated heterocycles. The molecule has 100 valence electrons. The van der Waals surface area contributed by atoms with E-state index in [0.717, 1.165) is 5.69 Å². The molecule has 18 heavy (non-hydrogen) atoms. The summed E-state index contributed by atoms with van der Waals surface area (Å²) in [5.41, 5.74) is 0.805. The summed E-state index contributed by atoms with van der Waals surface area (Å²) in [5.74, 6) is -1.16. The number of ether oxygens (including phenoxy) is 1. The van der Waals surface area contributed by atoms with Gasteiger partial charge in [0.2, 0.25) is 0 Å². The Bertz CT molecular complexity index is 434. The lowest BCUT2D eigenvalue weighted by Crippen LogP contribution is -2.20. The predicted molar refractivity (Wildman–Crippen MR) is 64.4 cm³/mol. The molecule has 0 saturated carbocycles. The van der Waals surface area contributed by atoms with Crippen LogP contribution in [0.3, 0.4) is 0 Å². The van der Waals surface area contributed by atoms with Crippen molar-refractivity contribution in [2.24, 2.45) is 0 Å². The number of aromatic nitrogens is 2. The predicted octanol–water partition coefficient (Wildman–Crippen LogP) is 0.747. The largest absolute Gasteiger partial charge is 0.480 e. The van der Waals surface area contributed by atoms with Crippen molar-refractivity contribution >= 4 is 17.7 Å². The van der Waals surface area contributed by atoms with Gasteiger partial charge in [0.1, 0.15) is 13.2 Å². The van der Waals surface area contributed by atoms with Gasteiger partial charge in [0.15, 0.2) is 5.82 Å². The van der Waals surface area contributed by atoms with Crippen LogP contribution in [0.1, 0.15) is 26.5 Å². The van der Waals surface area contributed by atoms with E-state index in [-0.39, 0.29) is 12.0 Å². The van der Waals surface area contributed by atoms with Crippen molar-refractivity contribution in [3.8, 4) is 0 Å². The number of carbonyl (C=O) groups is 2. The Balaban J connectivity index is 2.45. The third kappa shape index (κ3) is 4.54. The Morgan fingerprint density at radius 2 is 2.11 bits per heavy atom. The minimum absolute atomic E-state index is 0.0875. The molecule has 1 aromatic rings. The summed E-state index contributed by atoms with van der Waals surface area (Å²) in [6.07, 6.45) is 0. The number of aromatic amines is 1. The number of carbonyl (C=O) groups excluding carboxylic acids is 1. The lowest BCUT2D eigenvalue weighted by Gasteiger charge is -2.14. The normalized spacial score (nSPS) is 11.3. The smallest absolute Gasteiger partial charge is 0.329 e. The number of nitrogens with zero attached hydrogens (tertiary/aromatic N) is 1. The quantitative estimate of drug-likeness (QED) is 0.720. The molecule has 3 N–H and O–H groups in total. The molecule has 0 bridgehead atoms. The molecule has 0 unspecified atom stereocenters. The molecule has 0 fully saturated rings. The van der Waals surface area contributed by atoms with E-state index in [2.05, 4.69) is 20.3 Å². The van der Waals surface area contributed by atoms with Crippen molar-refractivity contribution < 1.29 is 19.4 Å². The van der Waals surface area contributed by atoms with Gasteiger partial charge >= 0.3 is 5.97 Å². The van der Waals surface area contributed by atoms with Crippen LogP contribution in [-0.4, -0.2) is 40.4 Å². The zero-order chi connectivity index (χ0) is 13.8. The highest BCUT2D eigenvalue weighted by molar-refractivity contribution is 5.90. The van der Waals surface area contributed by atoms with Crippen molar-refractivity contribution in [1.82, 2.24) is 10.2 Å². The fraction of sp³-hybridized carbons (Fsp3) is 0.545. The van der Waals surface area contributed by atoms with Crippen LogP contribution in [0.4, 0.5) is 5.82 Å². The summed E-state index contributed by atoms with van der Waals surface area (Å²) >= 11 is 0. The number of H-pyrrole nitrogens is 1. The molecule has 7 heteroatoms. The molecular formula is C11H17N3O4. The average molecular weight is 255 g/mol. The van der Waals surface area contributed by atoms with Gasteiger partial charge in [-0.25, -0.2) is 4.79 Å². The number of anilines is 1. The molecule has 1 heterocycles. The number of carboxylic acid groups (broad SMARTS) is 1. The van der Waals surface area contributed by atoms with Gasteiger partial charge in [0.25, 0.3) is 5.91 Å². The van der Waals surface area contributed by atoms with Gasteiger partial charge in [0.05, 0.1) is 0 Å². The fourth-order valence-electron chi connectivity index (χ4n) is 1.18. The summed E-state index contributed by atoms with van der Waals surface area (Å²) < 4.78 is 4.65. The van der Waals surface area contributed by atoms with E-state index in [1.807, 2.05) is 20.8 Å². The molecule has 7 nitrogen and oxygen atoms in total. The van der Waals surface area contributed by atoms with Crippen molar-refractivity contribution in [3.63, 3.8) is 0 Å². The van der Waals surface area contributed by atoms with Crippen molar-refractivity contribution in [2.45, 2.75) is 26.2 Å². The molecule has 1 rings (SSSR count). The average Bonchev–Trinajstić information content (AvgIpc) is 2.64. The first-order valence-corrected chi connectivity index (χ1v) is 5.44. The van der Waals surface area contributed by atoms with E-state index >= 15 is 0 Å². The molecule has 0 aromatic carbocycles. The molecule has 0 aliphatic carbocycles. The summed E-state index contributed by atoms with van der Waals surface area (Å²) in [5, 5.41) is 17.6. The zero-order valence-electron chi connectivity index (χ0n) is 10.6. The second-order valence-electron chi connectivity index (χ2n) is 4.85. The zero-order valence-corrected chi connectivity index (χ0v) is 10.6. The SMILES string of the molecule is CC(C)(C)c1cc(NC(=O)COCC(=O)O)n[nH]1. The number of nitrogens with one attached hydrogen (secondary N) is 2. The van der Waals surface area contributed by atoms with E-state index in [4.69, 9.17) is 5.11 Å². The third-order valence-electron chi connectivity index (χ3n) is 2.11. The molecule has 0 aliphatic rings. The molecule has 1 aromatic heterocycles. The second-order valence-corrected chi connectivity index (χ2v) is 4.85. The van der Waals surface area contributed by atoms with Crippen LogP contribution < -0.4 is 5.32 Å². The summed E-state index contributed by atoms with van der Waals surface area (Å²) in [7, 11) is 0. The fourth-order valence-corrected chi connectivity index (χ4v) is 1.18. The monoisotopic (exact) mass is 255 g/mol. The van der Waals surface area contributed by atoms with E-state index in [0.29, 0.717) is 5.82 Å². The molecule has 0 atom stereocenters. The first-order chi connectivity index (χ1) is 8.29. The van der Waals surface area contributed by atoms with Crippen molar-refractivity contribution in [1.29, 1.82) is 0 Å². The number of carboxylic acids is 1. The van der Waals surface area contributed by atoms with Crippen LogP contribution >= 0.6 is 0 Å². The van der Waals surface area contributed by atoms with Gasteiger partial charge < -0.3 is 15.2 Å². The Labute approximate surface area is 105 Å². The maximum Gasteiger partial charge on any atom is 0.329 e. The number of hydrogen-bond acceptors (Lipinski definition) is 4. The van der Waals surface area contributed by atoms with E-state index in [9.17, 15) is 9.59 Å². The highest BCUT2D eigenvalue weighted by Gasteiger charge is 2.17. The minimum Gasteiger partial charge on any atom is -0.480 e. The van der Waals surface area contributed by atoms with Crippen LogP contribution in [0.15, 0.2) is 6.07 Å². The highest BCUT2D eigenvalue weighted by Crippen LogP contribution is 2.21. The Morgan fingerprint density at radius 3 is 2.61 bits per heavy atom.